The Bertz CT molecular complexity index is 585. The van der Waals surface area contributed by atoms with Gasteiger partial charge in [0, 0.05) is 23.2 Å². The molecule has 1 aromatic heterocycles. The number of carbonyl (C=O) groups is 1. The van der Waals surface area contributed by atoms with Crippen LogP contribution in [-0.4, -0.2) is 24.5 Å². The van der Waals surface area contributed by atoms with Gasteiger partial charge in [-0.2, -0.15) is 0 Å². The highest BCUT2D eigenvalue weighted by Gasteiger charge is 2.03. The molecule has 0 saturated heterocycles. The quantitative estimate of drug-likeness (QED) is 0.674. The van der Waals surface area contributed by atoms with Crippen LogP contribution < -0.4 is 16.0 Å². The molecule has 0 radical (unpaired) electrons. The molecule has 0 saturated carbocycles. The summed E-state index contributed by atoms with van der Waals surface area (Å²) in [5.74, 6) is 0.0431. The van der Waals surface area contributed by atoms with E-state index >= 15 is 0 Å². The van der Waals surface area contributed by atoms with Gasteiger partial charge in [0.1, 0.15) is 0 Å². The molecule has 0 unspecified atom stereocenters. The van der Waals surface area contributed by atoms with Crippen LogP contribution in [0.5, 0.6) is 0 Å². The third-order valence-corrected chi connectivity index (χ3v) is 3.75. The van der Waals surface area contributed by atoms with Gasteiger partial charge in [-0.15, -0.1) is 23.7 Å². The second kappa shape index (κ2) is 9.40. The molecule has 7 heteroatoms. The number of benzene rings is 1. The summed E-state index contributed by atoms with van der Waals surface area (Å²) in [5, 5.41) is 12.0. The smallest absolute Gasteiger partial charge is 0.224 e. The zero-order valence-electron chi connectivity index (χ0n) is 12.7. The van der Waals surface area contributed by atoms with Crippen LogP contribution in [0.1, 0.15) is 18.5 Å². The van der Waals surface area contributed by atoms with Crippen molar-refractivity contribution in [3.05, 3.63) is 35.3 Å². The lowest BCUT2D eigenvalue weighted by Gasteiger charge is -2.07. The van der Waals surface area contributed by atoms with E-state index < -0.39 is 0 Å². The molecule has 1 amide bonds. The Morgan fingerprint density at radius 1 is 1.23 bits per heavy atom. The van der Waals surface area contributed by atoms with Crippen LogP contribution in [0.3, 0.4) is 0 Å². The minimum atomic E-state index is 0. The molecule has 120 valence electrons. The van der Waals surface area contributed by atoms with Gasteiger partial charge in [-0.1, -0.05) is 0 Å². The Balaban J connectivity index is 0.00000242. The average molecular weight is 341 g/mol. The summed E-state index contributed by atoms with van der Waals surface area (Å²) in [6, 6.07) is 7.64. The Morgan fingerprint density at radius 3 is 2.50 bits per heavy atom. The number of anilines is 3. The Morgan fingerprint density at radius 2 is 1.91 bits per heavy atom. The van der Waals surface area contributed by atoms with Crippen LogP contribution in [0.25, 0.3) is 0 Å². The van der Waals surface area contributed by atoms with E-state index in [9.17, 15) is 4.79 Å². The molecular formula is C15H21ClN4OS. The van der Waals surface area contributed by atoms with Crippen LogP contribution in [0.15, 0.2) is 29.6 Å². The average Bonchev–Trinajstić information content (AvgIpc) is 2.87. The molecule has 0 bridgehead atoms. The van der Waals surface area contributed by atoms with Crippen LogP contribution in [0, 0.1) is 6.92 Å². The van der Waals surface area contributed by atoms with Crippen LogP contribution in [0.4, 0.5) is 16.5 Å². The number of aromatic nitrogens is 1. The zero-order chi connectivity index (χ0) is 15.1. The number of carbonyl (C=O) groups excluding carboxylic acids is 1. The second-order valence-corrected chi connectivity index (χ2v) is 5.61. The summed E-state index contributed by atoms with van der Waals surface area (Å²) in [5.41, 5.74) is 2.77. The van der Waals surface area contributed by atoms with Crippen molar-refractivity contribution in [1.82, 2.24) is 10.3 Å². The summed E-state index contributed by atoms with van der Waals surface area (Å²) < 4.78 is 0. The molecule has 0 atom stereocenters. The molecule has 22 heavy (non-hydrogen) atoms. The first kappa shape index (κ1) is 18.4. The minimum absolute atomic E-state index is 0. The number of hydrogen-bond acceptors (Lipinski definition) is 5. The van der Waals surface area contributed by atoms with Gasteiger partial charge >= 0.3 is 0 Å². The lowest BCUT2D eigenvalue weighted by Crippen LogP contribution is -2.15. The third-order valence-electron chi connectivity index (χ3n) is 2.87. The predicted octanol–water partition coefficient (Wildman–Crippen LogP) is 3.56. The maximum atomic E-state index is 11.7. The monoisotopic (exact) mass is 340 g/mol. The van der Waals surface area contributed by atoms with Gasteiger partial charge < -0.3 is 16.0 Å². The second-order valence-electron chi connectivity index (χ2n) is 4.75. The van der Waals surface area contributed by atoms with Gasteiger partial charge in [0.25, 0.3) is 0 Å². The number of nitrogens with one attached hydrogen (secondary N) is 3. The molecule has 0 fully saturated rings. The van der Waals surface area contributed by atoms with E-state index in [2.05, 4.69) is 20.9 Å². The molecule has 2 aromatic rings. The van der Waals surface area contributed by atoms with E-state index in [0.717, 1.165) is 35.2 Å². The SMILES string of the molecule is CNCCCC(=O)Nc1ccc(Nc2nc(C)cs2)cc1.Cl. The topological polar surface area (TPSA) is 66.1 Å². The van der Waals surface area contributed by atoms with E-state index in [0.29, 0.717) is 6.42 Å². The predicted molar refractivity (Wildman–Crippen MR) is 95.6 cm³/mol. The summed E-state index contributed by atoms with van der Waals surface area (Å²) >= 11 is 1.57. The van der Waals surface area contributed by atoms with Gasteiger partial charge in [0.05, 0.1) is 5.69 Å². The fourth-order valence-electron chi connectivity index (χ4n) is 1.82. The van der Waals surface area contributed by atoms with Crippen molar-refractivity contribution in [1.29, 1.82) is 0 Å². The van der Waals surface area contributed by atoms with Crippen molar-refractivity contribution in [3.8, 4) is 0 Å². The third kappa shape index (κ3) is 6.01. The standard InChI is InChI=1S/C15H20N4OS.ClH/c1-11-10-21-15(17-11)19-13-7-5-12(6-8-13)18-14(20)4-3-9-16-2;/h5-8,10,16H,3-4,9H2,1-2H3,(H,17,19)(H,18,20);1H. The van der Waals surface area contributed by atoms with Crippen LogP contribution >= 0.6 is 23.7 Å². The Kier molecular flexibility index (Phi) is 7.87. The van der Waals surface area contributed by atoms with E-state index in [1.165, 1.54) is 0 Å². The first-order valence-electron chi connectivity index (χ1n) is 6.91. The van der Waals surface area contributed by atoms with E-state index in [4.69, 9.17) is 0 Å². The maximum Gasteiger partial charge on any atom is 0.224 e. The van der Waals surface area contributed by atoms with Crippen LogP contribution in [-0.2, 0) is 4.79 Å². The fraction of sp³-hybridized carbons (Fsp3) is 0.333. The van der Waals surface area contributed by atoms with Crippen molar-refractivity contribution in [3.63, 3.8) is 0 Å². The number of nitrogens with zero attached hydrogens (tertiary/aromatic N) is 1. The molecular weight excluding hydrogens is 320 g/mol. The van der Waals surface area contributed by atoms with Gasteiger partial charge in [0.15, 0.2) is 5.13 Å². The summed E-state index contributed by atoms with van der Waals surface area (Å²) in [6.07, 6.45) is 1.37. The summed E-state index contributed by atoms with van der Waals surface area (Å²) in [4.78, 5) is 16.1. The first-order chi connectivity index (χ1) is 10.2. The Hall–Kier alpha value is -1.63. The van der Waals surface area contributed by atoms with Gasteiger partial charge in [-0.05, 0) is 51.2 Å². The van der Waals surface area contributed by atoms with E-state index in [1.54, 1.807) is 11.3 Å². The van der Waals surface area contributed by atoms with Crippen molar-refractivity contribution < 1.29 is 4.79 Å². The van der Waals surface area contributed by atoms with Crippen molar-refractivity contribution in [2.45, 2.75) is 19.8 Å². The highest BCUT2D eigenvalue weighted by Crippen LogP contribution is 2.21. The number of halogens is 1. The van der Waals surface area contributed by atoms with Crippen LogP contribution in [0.2, 0.25) is 0 Å². The molecule has 0 aliphatic rings. The van der Waals surface area contributed by atoms with Gasteiger partial charge in [-0.25, -0.2) is 4.98 Å². The number of thiazole rings is 1. The Labute approximate surface area is 141 Å². The van der Waals surface area contributed by atoms with E-state index in [1.807, 2.05) is 43.6 Å². The first-order valence-corrected chi connectivity index (χ1v) is 7.79. The molecule has 0 spiro atoms. The largest absolute Gasteiger partial charge is 0.332 e. The zero-order valence-corrected chi connectivity index (χ0v) is 14.3. The van der Waals surface area contributed by atoms with Gasteiger partial charge in [-0.3, -0.25) is 4.79 Å². The molecule has 2 rings (SSSR count). The number of amides is 1. The fourth-order valence-corrected chi connectivity index (χ4v) is 2.53. The van der Waals surface area contributed by atoms with Crippen molar-refractivity contribution >= 4 is 46.2 Å². The minimum Gasteiger partial charge on any atom is -0.332 e. The lowest BCUT2D eigenvalue weighted by molar-refractivity contribution is -0.116. The summed E-state index contributed by atoms with van der Waals surface area (Å²) in [7, 11) is 1.88. The van der Waals surface area contributed by atoms with Gasteiger partial charge in [0.2, 0.25) is 5.91 Å². The van der Waals surface area contributed by atoms with E-state index in [-0.39, 0.29) is 18.3 Å². The maximum absolute atomic E-state index is 11.7. The lowest BCUT2D eigenvalue weighted by atomic mass is 10.2. The summed E-state index contributed by atoms with van der Waals surface area (Å²) in [6.45, 7) is 2.82. The number of hydrogen-bond donors (Lipinski definition) is 3. The molecule has 5 nitrogen and oxygen atoms in total. The molecule has 0 aliphatic heterocycles. The highest BCUT2D eigenvalue weighted by atomic mass is 35.5. The number of aryl methyl sites for hydroxylation is 1. The molecule has 1 aromatic carbocycles. The highest BCUT2D eigenvalue weighted by molar-refractivity contribution is 7.13. The van der Waals surface area contributed by atoms with Crippen molar-refractivity contribution in [2.24, 2.45) is 0 Å². The number of rotatable bonds is 7. The normalized spacial score (nSPS) is 9.91. The van der Waals surface area contributed by atoms with Crippen molar-refractivity contribution in [2.75, 3.05) is 24.2 Å². The molecule has 3 N–H and O–H groups in total. The molecule has 0 aliphatic carbocycles. The molecule has 1 heterocycles.